The van der Waals surface area contributed by atoms with Gasteiger partial charge in [-0.3, -0.25) is 19.2 Å². The van der Waals surface area contributed by atoms with Gasteiger partial charge in [0.25, 0.3) is 11.6 Å². The van der Waals surface area contributed by atoms with Crippen LogP contribution in [0, 0.1) is 0 Å². The molecule has 6 fully saturated rings. The van der Waals surface area contributed by atoms with Crippen molar-refractivity contribution in [3.63, 3.8) is 0 Å². The number of hydrogen-bond donors (Lipinski definition) is 25. The van der Waals surface area contributed by atoms with Gasteiger partial charge in [0.05, 0.1) is 82.7 Å². The smallest absolute Gasteiger partial charge is 0.364 e. The summed E-state index contributed by atoms with van der Waals surface area (Å²) in [7, 11) is 0. The van der Waals surface area contributed by atoms with Gasteiger partial charge in [0.2, 0.25) is 23.6 Å². The number of allylic oxidation sites excluding steroid dienone is 1. The highest BCUT2D eigenvalue weighted by atomic mass is 16.8. The topological polar surface area (TPSA) is 686 Å². The lowest BCUT2D eigenvalue weighted by atomic mass is 9.88. The molecule has 0 spiro atoms. The quantitative estimate of drug-likeness (QED) is 0.0212. The molecule has 0 aromatic heterocycles. The second-order valence-corrected chi connectivity index (χ2v) is 35.0. The minimum atomic E-state index is -3.50. The zero-order chi connectivity index (χ0) is 95.2. The van der Waals surface area contributed by atoms with E-state index >= 15 is 0 Å². The van der Waals surface area contributed by atoms with E-state index in [1.807, 2.05) is 0 Å². The molecule has 0 aromatic rings. The first kappa shape index (κ1) is 113. The van der Waals surface area contributed by atoms with E-state index < -0.39 is 302 Å². The average molecular weight is 1870 g/mol. The summed E-state index contributed by atoms with van der Waals surface area (Å²) in [4.78, 5) is 79.6. The van der Waals surface area contributed by atoms with Crippen LogP contribution in [0.1, 0.15) is 240 Å². The van der Waals surface area contributed by atoms with Gasteiger partial charge in [-0.25, -0.2) is 9.59 Å². The largest absolute Gasteiger partial charge is 0.477 e. The molecule has 6 saturated heterocycles. The van der Waals surface area contributed by atoms with Gasteiger partial charge in [-0.05, 0) is 19.3 Å². The van der Waals surface area contributed by atoms with Gasteiger partial charge in [-0.2, -0.15) is 0 Å². The number of amides is 4. The Hall–Kier alpha value is -4.68. The Morgan fingerprint density at radius 2 is 0.760 bits per heavy atom. The van der Waals surface area contributed by atoms with Crippen LogP contribution in [0.25, 0.3) is 0 Å². The Morgan fingerprint density at radius 1 is 0.403 bits per heavy atom. The number of unbranched alkanes of at least 4 members (excludes halogenated alkanes) is 27. The van der Waals surface area contributed by atoms with Crippen LogP contribution >= 0.6 is 0 Å². The minimum absolute atomic E-state index is 0.0955. The molecule has 43 nitrogen and oxygen atoms in total. The molecule has 0 unspecified atom stereocenters. The van der Waals surface area contributed by atoms with Crippen molar-refractivity contribution in [2.24, 2.45) is 0 Å². The van der Waals surface area contributed by atoms with E-state index in [0.29, 0.717) is 12.8 Å². The van der Waals surface area contributed by atoms with Gasteiger partial charge in [0.1, 0.15) is 134 Å². The fourth-order valence-electron chi connectivity index (χ4n) is 17.3. The molecule has 750 valence electrons. The van der Waals surface area contributed by atoms with Crippen molar-refractivity contribution in [2.75, 3.05) is 46.2 Å². The van der Waals surface area contributed by atoms with Crippen molar-refractivity contribution in [1.82, 2.24) is 21.3 Å². The third-order valence-corrected chi connectivity index (χ3v) is 24.6. The number of aliphatic hydroxyl groups is 19. The number of ether oxygens (including phenoxy) is 12. The second kappa shape index (κ2) is 58.0. The van der Waals surface area contributed by atoms with Crippen LogP contribution in [-0.4, -0.2) is 396 Å². The first-order chi connectivity index (χ1) is 61.6. The number of carbonyl (C=O) groups is 6. The van der Waals surface area contributed by atoms with E-state index in [4.69, 9.17) is 56.8 Å². The summed E-state index contributed by atoms with van der Waals surface area (Å²) in [5, 5.41) is 247. The molecule has 0 radical (unpaired) electrons. The van der Waals surface area contributed by atoms with Gasteiger partial charge < -0.3 is 185 Å². The minimum Gasteiger partial charge on any atom is -0.477 e. The summed E-state index contributed by atoms with van der Waals surface area (Å²) in [6.07, 6.45) is -29.5. The summed E-state index contributed by atoms with van der Waals surface area (Å²) < 4.78 is 72.4. The molecule has 0 saturated carbocycles. The van der Waals surface area contributed by atoms with E-state index in [0.717, 1.165) is 85.0 Å². The monoisotopic (exact) mass is 1870 g/mol. The van der Waals surface area contributed by atoms with Crippen LogP contribution in [0.15, 0.2) is 12.2 Å². The number of carboxylic acid groups (broad SMARTS) is 2. The van der Waals surface area contributed by atoms with Crippen LogP contribution in [-0.2, 0) is 85.6 Å². The summed E-state index contributed by atoms with van der Waals surface area (Å²) in [6, 6.07) is -6.94. The Balaban J connectivity index is 1.29. The lowest BCUT2D eigenvalue weighted by Crippen LogP contribution is -2.72. The lowest BCUT2D eigenvalue weighted by molar-refractivity contribution is -0.405. The van der Waals surface area contributed by atoms with Crippen molar-refractivity contribution in [3.05, 3.63) is 12.2 Å². The van der Waals surface area contributed by atoms with Gasteiger partial charge in [0.15, 0.2) is 25.2 Å². The standard InChI is InChI=1S/C86H152N4O39/c1-6-8-10-12-14-16-18-20-21-22-23-25-27-29-31-33-35-37-60(105)90-50(51(100)36-34-32-30-28-26-24-19-17-15-13-11-9-7-2)46-118-80-69(111)68(110)72(58(44-95)121-80)123-82-71(113)78(129-86(84(116)117)39-53(102)62(88-48(4)98)76(127-86)65(107)55(104)41-92)73(59(45-96)122-82)124-79-63(89-49(5)99)74(66(108)56(42-93)119-79)125-81-70(112)77(67(109)57(43-94)120-81)128-85(83(114)115)38-52(101)61(87-47(3)97)75(126-85)64(106)54(103)40-91/h34,36,50-59,61-82,91-96,100-104,106-113H,6-33,35,37-46H2,1-5H3,(H,87,97)(H,88,98)(H,89,99)(H,90,105)(H,114,115)(H,116,117)/b36-34+/t50-,51+,52-,53-,54+,55+,56+,57+,58+,59+,61+,62+,63+,64+,65+,66-,67-,68+,69+,70+,71+,72+,73-,74+,75+,76+,77-,78+,79-,80+,81-,82-,85-,86-/m0/s1. The van der Waals surface area contributed by atoms with Crippen LogP contribution < -0.4 is 21.3 Å². The zero-order valence-corrected chi connectivity index (χ0v) is 74.9. The van der Waals surface area contributed by atoms with E-state index in [1.165, 1.54) is 115 Å². The molecule has 6 aliphatic rings. The fourth-order valence-corrected chi connectivity index (χ4v) is 17.3. The summed E-state index contributed by atoms with van der Waals surface area (Å²) in [6.45, 7) is -0.822. The first-order valence-corrected chi connectivity index (χ1v) is 46.2. The summed E-state index contributed by atoms with van der Waals surface area (Å²) >= 11 is 0. The molecule has 6 heterocycles. The van der Waals surface area contributed by atoms with Gasteiger partial charge in [-0.1, -0.05) is 193 Å². The summed E-state index contributed by atoms with van der Waals surface area (Å²) in [5.41, 5.74) is 0. The number of carbonyl (C=O) groups excluding carboxylic acids is 4. The molecule has 0 bridgehead atoms. The molecule has 0 aliphatic carbocycles. The highest BCUT2D eigenvalue weighted by Gasteiger charge is 2.64. The molecule has 34 atom stereocenters. The Labute approximate surface area is 752 Å². The first-order valence-electron chi connectivity index (χ1n) is 46.2. The van der Waals surface area contributed by atoms with Crippen molar-refractivity contribution in [3.8, 4) is 0 Å². The lowest BCUT2D eigenvalue weighted by Gasteiger charge is -2.53. The van der Waals surface area contributed by atoms with Gasteiger partial charge >= 0.3 is 11.9 Å². The second-order valence-electron chi connectivity index (χ2n) is 35.0. The highest BCUT2D eigenvalue weighted by Crippen LogP contribution is 2.43. The van der Waals surface area contributed by atoms with Gasteiger partial charge in [-0.15, -0.1) is 0 Å². The van der Waals surface area contributed by atoms with Crippen molar-refractivity contribution in [1.29, 1.82) is 0 Å². The van der Waals surface area contributed by atoms with Crippen LogP contribution in [0.4, 0.5) is 0 Å². The number of hydrogen-bond acceptors (Lipinski definition) is 37. The van der Waals surface area contributed by atoms with E-state index in [-0.39, 0.29) is 6.42 Å². The number of rotatable bonds is 61. The third-order valence-electron chi connectivity index (χ3n) is 24.6. The Kier molecular flexibility index (Phi) is 50.9. The Morgan fingerprint density at radius 3 is 1.18 bits per heavy atom. The molecule has 6 aliphatic heterocycles. The normalized spacial score (nSPS) is 34.8. The SMILES string of the molecule is CCCCCCCCCCCCC/C=C/[C@@H](O)[C@H](CO[C@@H]1O[C@H](CO)[C@@H](O[C@@H]2O[C@H](CO)[C@H](O[C@@H]3O[C@H](CO)[C@H](O)[C@H](O[C@@H]4O[C@H](CO)[C@H](O)[C@H](O[C@]5(C(=O)O)C[C@H](O)[C@@H](NC(C)=O)[C@H]([C@H](O)[C@H](O)CO)O5)[C@H]4O)[C@H]3NC(C)=O)[C@H](O[C@]3(C(=O)O)C[C@H](O)[C@@H](NC(C)=O)[C@H]([C@H](O)[C@H](O)CO)O3)[C@H]2O)[C@H](O)[C@H]1O)NC(=O)CCCCCCCCCCCCCCCCCCC. The number of carboxylic acids is 2. The highest BCUT2D eigenvalue weighted by molar-refractivity contribution is 5.78. The van der Waals surface area contributed by atoms with Crippen molar-refractivity contribution in [2.45, 2.75) is 447 Å². The maximum absolute atomic E-state index is 14.1. The van der Waals surface area contributed by atoms with Crippen molar-refractivity contribution >= 4 is 35.6 Å². The van der Waals surface area contributed by atoms with E-state index in [9.17, 15) is 136 Å². The molecule has 6 rings (SSSR count). The molecule has 129 heavy (non-hydrogen) atoms. The Bertz CT molecular complexity index is 3240. The molecular weight excluding hydrogens is 1710 g/mol. The maximum atomic E-state index is 14.1. The predicted molar refractivity (Wildman–Crippen MR) is 449 cm³/mol. The predicted octanol–water partition coefficient (Wildman–Crippen LogP) is -3.09. The maximum Gasteiger partial charge on any atom is 0.364 e. The van der Waals surface area contributed by atoms with E-state index in [2.05, 4.69) is 35.1 Å². The van der Waals surface area contributed by atoms with Crippen molar-refractivity contribution < 1.29 is 193 Å². The molecule has 0 aromatic carbocycles. The number of aliphatic carboxylic acids is 2. The van der Waals surface area contributed by atoms with E-state index in [1.54, 1.807) is 6.08 Å². The van der Waals surface area contributed by atoms with Crippen LogP contribution in [0.2, 0.25) is 0 Å². The summed E-state index contributed by atoms with van der Waals surface area (Å²) in [5.74, 6) is -14.5. The molecule has 4 amide bonds. The third kappa shape index (κ3) is 33.6. The van der Waals surface area contributed by atoms with Gasteiger partial charge in [0, 0.05) is 40.0 Å². The molecule has 25 N–H and O–H groups in total. The molecular formula is C86H152N4O39. The fraction of sp³-hybridized carbons (Fsp3) is 0.907. The number of aliphatic hydroxyl groups excluding tert-OH is 19. The van der Waals surface area contributed by atoms with Crippen LogP contribution in [0.3, 0.4) is 0 Å². The van der Waals surface area contributed by atoms with Crippen LogP contribution in [0.5, 0.6) is 0 Å². The number of nitrogens with one attached hydrogen (secondary N) is 4. The molecule has 43 heteroatoms. The zero-order valence-electron chi connectivity index (χ0n) is 74.9. The average Bonchev–Trinajstić information content (AvgIpc) is 0.720.